The molecule has 20 heavy (non-hydrogen) atoms. The third-order valence-electron chi connectivity index (χ3n) is 2.54. The fourth-order valence-electron chi connectivity index (χ4n) is 1.55. The van der Waals surface area contributed by atoms with E-state index in [0.717, 1.165) is 18.2 Å². The number of halogens is 1. The number of carbonyl (C=O) groups excluding carboxylic acids is 1. The number of amides is 1. The Kier molecular flexibility index (Phi) is 3.86. The number of nitrogens with one attached hydrogen (secondary N) is 1. The van der Waals surface area contributed by atoms with Gasteiger partial charge in [-0.15, -0.1) is 0 Å². The quantitative estimate of drug-likeness (QED) is 0.671. The lowest BCUT2D eigenvalue weighted by Gasteiger charge is -2.06. The highest BCUT2D eigenvalue weighted by atomic mass is 35.5. The zero-order valence-electron chi connectivity index (χ0n) is 10.0. The number of benzene rings is 2. The van der Waals surface area contributed by atoms with Crippen LogP contribution in [0.4, 0.5) is 11.4 Å². The monoisotopic (exact) mass is 292 g/mol. The van der Waals surface area contributed by atoms with E-state index in [-0.39, 0.29) is 17.0 Å². The molecular formula is C13H9ClN2O4. The maximum Gasteiger partial charge on any atom is 0.270 e. The topological polar surface area (TPSA) is 92.5 Å². The minimum atomic E-state index is -0.645. The molecule has 2 aromatic rings. The molecule has 0 bridgehead atoms. The number of non-ortho nitro benzene ring substituents is 1. The van der Waals surface area contributed by atoms with Crippen LogP contribution in [0.25, 0.3) is 0 Å². The molecule has 0 aromatic heterocycles. The molecule has 0 radical (unpaired) electrons. The summed E-state index contributed by atoms with van der Waals surface area (Å²) in [5.41, 5.74) is 0.0171. The number of phenolic OH excluding ortho intramolecular Hbond substituents is 1. The van der Waals surface area contributed by atoms with Crippen molar-refractivity contribution in [3.05, 3.63) is 63.2 Å². The van der Waals surface area contributed by atoms with Gasteiger partial charge in [0.25, 0.3) is 11.6 Å². The van der Waals surface area contributed by atoms with Crippen molar-refractivity contribution in [1.29, 1.82) is 0 Å². The van der Waals surface area contributed by atoms with Gasteiger partial charge in [-0.25, -0.2) is 0 Å². The van der Waals surface area contributed by atoms with E-state index in [1.165, 1.54) is 0 Å². The van der Waals surface area contributed by atoms with E-state index in [1.54, 1.807) is 24.3 Å². The molecule has 0 aliphatic heterocycles. The fraction of sp³-hybridized carbons (Fsp3) is 0. The molecule has 1 amide bonds. The molecule has 0 aliphatic carbocycles. The largest absolute Gasteiger partial charge is 0.507 e. The molecule has 0 saturated heterocycles. The number of nitro benzene ring substituents is 1. The van der Waals surface area contributed by atoms with Crippen LogP contribution in [0, 0.1) is 10.1 Å². The molecule has 0 unspecified atom stereocenters. The number of anilines is 1. The number of hydrogen-bond donors (Lipinski definition) is 2. The van der Waals surface area contributed by atoms with E-state index in [1.807, 2.05) is 0 Å². The minimum Gasteiger partial charge on any atom is -0.507 e. The SMILES string of the molecule is O=C(Nc1ccc(Cl)cc1)c1cc([N+](=O)[O-])ccc1O. The Balaban J connectivity index is 2.26. The third-order valence-corrected chi connectivity index (χ3v) is 2.79. The van der Waals surface area contributed by atoms with Crippen molar-refractivity contribution in [3.8, 4) is 5.75 Å². The van der Waals surface area contributed by atoms with E-state index >= 15 is 0 Å². The Labute approximate surface area is 118 Å². The molecule has 2 rings (SSSR count). The highest BCUT2D eigenvalue weighted by molar-refractivity contribution is 6.30. The van der Waals surface area contributed by atoms with Crippen molar-refractivity contribution in [3.63, 3.8) is 0 Å². The summed E-state index contributed by atoms with van der Waals surface area (Å²) in [6, 6.07) is 9.57. The first-order chi connectivity index (χ1) is 9.47. The Morgan fingerprint density at radius 2 is 1.85 bits per heavy atom. The van der Waals surface area contributed by atoms with Gasteiger partial charge < -0.3 is 10.4 Å². The molecule has 2 N–H and O–H groups in total. The number of nitrogens with zero attached hydrogens (tertiary/aromatic N) is 1. The smallest absolute Gasteiger partial charge is 0.270 e. The summed E-state index contributed by atoms with van der Waals surface area (Å²) in [6.07, 6.45) is 0. The van der Waals surface area contributed by atoms with Crippen molar-refractivity contribution in [2.75, 3.05) is 5.32 Å². The van der Waals surface area contributed by atoms with Crippen molar-refractivity contribution in [2.45, 2.75) is 0 Å². The first-order valence-corrected chi connectivity index (χ1v) is 5.89. The maximum absolute atomic E-state index is 12.0. The number of aromatic hydroxyl groups is 1. The van der Waals surface area contributed by atoms with Crippen LogP contribution in [0.2, 0.25) is 5.02 Å². The summed E-state index contributed by atoms with van der Waals surface area (Å²) in [4.78, 5) is 22.0. The second kappa shape index (κ2) is 5.58. The van der Waals surface area contributed by atoms with Crippen LogP contribution >= 0.6 is 11.6 Å². The minimum absolute atomic E-state index is 0.172. The summed E-state index contributed by atoms with van der Waals surface area (Å²) in [5.74, 6) is -0.976. The van der Waals surface area contributed by atoms with Crippen LogP contribution in [0.15, 0.2) is 42.5 Å². The molecule has 2 aromatic carbocycles. The van der Waals surface area contributed by atoms with Crippen LogP contribution in [-0.4, -0.2) is 15.9 Å². The van der Waals surface area contributed by atoms with E-state index in [4.69, 9.17) is 11.6 Å². The predicted molar refractivity (Wildman–Crippen MR) is 74.2 cm³/mol. The van der Waals surface area contributed by atoms with Gasteiger partial charge in [-0.1, -0.05) is 11.6 Å². The van der Waals surface area contributed by atoms with E-state index < -0.39 is 10.8 Å². The van der Waals surface area contributed by atoms with Gasteiger partial charge in [0, 0.05) is 22.8 Å². The van der Waals surface area contributed by atoms with Gasteiger partial charge in [0.15, 0.2) is 0 Å². The fourth-order valence-corrected chi connectivity index (χ4v) is 1.68. The van der Waals surface area contributed by atoms with Crippen LogP contribution < -0.4 is 5.32 Å². The van der Waals surface area contributed by atoms with Gasteiger partial charge in [-0.05, 0) is 30.3 Å². The molecule has 0 saturated carbocycles. The van der Waals surface area contributed by atoms with Crippen molar-refractivity contribution < 1.29 is 14.8 Å². The van der Waals surface area contributed by atoms with Crippen molar-refractivity contribution >= 4 is 28.9 Å². The molecule has 0 fully saturated rings. The molecule has 7 heteroatoms. The van der Waals surface area contributed by atoms with Crippen molar-refractivity contribution in [1.82, 2.24) is 0 Å². The lowest BCUT2D eigenvalue weighted by atomic mass is 10.1. The summed E-state index contributed by atoms with van der Waals surface area (Å²) in [6.45, 7) is 0. The van der Waals surface area contributed by atoms with E-state index in [0.29, 0.717) is 10.7 Å². The Morgan fingerprint density at radius 1 is 1.20 bits per heavy atom. The van der Waals surface area contributed by atoms with Gasteiger partial charge in [0.2, 0.25) is 0 Å². The first-order valence-electron chi connectivity index (χ1n) is 5.51. The van der Waals surface area contributed by atoms with Gasteiger partial charge in [-0.2, -0.15) is 0 Å². The summed E-state index contributed by atoms with van der Waals surface area (Å²) < 4.78 is 0. The number of hydrogen-bond acceptors (Lipinski definition) is 4. The molecule has 0 atom stereocenters. The number of carbonyl (C=O) groups is 1. The maximum atomic E-state index is 12.0. The first kappa shape index (κ1) is 13.8. The highest BCUT2D eigenvalue weighted by Crippen LogP contribution is 2.24. The predicted octanol–water partition coefficient (Wildman–Crippen LogP) is 3.21. The van der Waals surface area contributed by atoms with Gasteiger partial charge >= 0.3 is 0 Å². The lowest BCUT2D eigenvalue weighted by molar-refractivity contribution is -0.384. The summed E-state index contributed by atoms with van der Waals surface area (Å²) in [5, 5.41) is 23.3. The molecule has 0 spiro atoms. The van der Waals surface area contributed by atoms with Crippen LogP contribution in [0.5, 0.6) is 5.75 Å². The Bertz CT molecular complexity index is 671. The Hall–Kier alpha value is -2.60. The Morgan fingerprint density at radius 3 is 2.45 bits per heavy atom. The highest BCUT2D eigenvalue weighted by Gasteiger charge is 2.16. The second-order valence-electron chi connectivity index (χ2n) is 3.92. The average Bonchev–Trinajstić information content (AvgIpc) is 2.41. The average molecular weight is 293 g/mol. The summed E-state index contributed by atoms with van der Waals surface area (Å²) >= 11 is 5.72. The molecule has 0 aliphatic rings. The molecule has 0 heterocycles. The summed E-state index contributed by atoms with van der Waals surface area (Å²) in [7, 11) is 0. The second-order valence-corrected chi connectivity index (χ2v) is 4.36. The van der Waals surface area contributed by atoms with Crippen LogP contribution in [0.1, 0.15) is 10.4 Å². The van der Waals surface area contributed by atoms with Crippen LogP contribution in [0.3, 0.4) is 0 Å². The third kappa shape index (κ3) is 3.04. The number of phenols is 1. The van der Waals surface area contributed by atoms with E-state index in [9.17, 15) is 20.0 Å². The lowest BCUT2D eigenvalue weighted by Crippen LogP contribution is -2.12. The molecular weight excluding hydrogens is 284 g/mol. The molecule has 102 valence electrons. The van der Waals surface area contributed by atoms with Crippen LogP contribution in [-0.2, 0) is 0 Å². The van der Waals surface area contributed by atoms with Gasteiger partial charge in [-0.3, -0.25) is 14.9 Å². The molecule has 6 nitrogen and oxygen atoms in total. The zero-order chi connectivity index (χ0) is 14.7. The zero-order valence-corrected chi connectivity index (χ0v) is 10.8. The van der Waals surface area contributed by atoms with Gasteiger partial charge in [0.1, 0.15) is 5.75 Å². The number of rotatable bonds is 3. The normalized spacial score (nSPS) is 10.1. The number of nitro groups is 1. The van der Waals surface area contributed by atoms with Crippen molar-refractivity contribution in [2.24, 2.45) is 0 Å². The standard InChI is InChI=1S/C13H9ClN2O4/c14-8-1-3-9(4-2-8)15-13(18)11-7-10(16(19)20)5-6-12(11)17/h1-7,17H,(H,15,18). The van der Waals surface area contributed by atoms with Gasteiger partial charge in [0.05, 0.1) is 10.5 Å². The van der Waals surface area contributed by atoms with E-state index in [2.05, 4.69) is 5.32 Å².